The van der Waals surface area contributed by atoms with Gasteiger partial charge < -0.3 is 0 Å². The van der Waals surface area contributed by atoms with E-state index >= 15 is 0 Å². The highest BCUT2D eigenvalue weighted by atomic mass is 79.9. The van der Waals surface area contributed by atoms with Crippen LogP contribution in [0, 0.1) is 0 Å². The maximum absolute atomic E-state index is 12.1. The van der Waals surface area contributed by atoms with Crippen LogP contribution in [0.25, 0.3) is 0 Å². The standard InChI is InChI=1S/C9H9BrN2O2S2/c1-12-9(15-2)11-7-5-6(10)3-4-8(7)16(12,13)14/h3-5H,1-2H3. The van der Waals surface area contributed by atoms with Crippen LogP contribution >= 0.6 is 27.7 Å². The molecule has 0 atom stereocenters. The number of nitrogens with zero attached hydrogens (tertiary/aromatic N) is 2. The van der Waals surface area contributed by atoms with Gasteiger partial charge >= 0.3 is 0 Å². The average molecular weight is 321 g/mol. The van der Waals surface area contributed by atoms with Gasteiger partial charge in [0.1, 0.15) is 4.90 Å². The molecule has 1 aliphatic rings. The van der Waals surface area contributed by atoms with E-state index < -0.39 is 10.0 Å². The second-order valence-corrected chi connectivity index (χ2v) is 6.81. The molecule has 1 aromatic rings. The molecule has 16 heavy (non-hydrogen) atoms. The molecule has 1 aliphatic heterocycles. The Morgan fingerprint density at radius 2 is 2.12 bits per heavy atom. The Balaban J connectivity index is 2.74. The molecule has 0 aliphatic carbocycles. The molecule has 2 rings (SSSR count). The molecule has 4 nitrogen and oxygen atoms in total. The zero-order valence-electron chi connectivity index (χ0n) is 8.64. The Morgan fingerprint density at radius 3 is 2.75 bits per heavy atom. The number of sulfonamides is 1. The predicted molar refractivity (Wildman–Crippen MR) is 69.7 cm³/mol. The number of thioether (sulfide) groups is 1. The molecule has 86 valence electrons. The highest BCUT2D eigenvalue weighted by molar-refractivity contribution is 9.10. The van der Waals surface area contributed by atoms with Crippen molar-refractivity contribution in [1.82, 2.24) is 4.31 Å². The van der Waals surface area contributed by atoms with Crippen molar-refractivity contribution in [3.8, 4) is 0 Å². The third-order valence-corrected chi connectivity index (χ3v) is 5.36. The normalized spacial score (nSPS) is 17.9. The van der Waals surface area contributed by atoms with Crippen molar-refractivity contribution >= 4 is 48.6 Å². The SMILES string of the molecule is CSC1=Nc2cc(Br)ccc2S(=O)(=O)N1C. The summed E-state index contributed by atoms with van der Waals surface area (Å²) in [6.07, 6.45) is 1.80. The van der Waals surface area contributed by atoms with Crippen molar-refractivity contribution in [2.24, 2.45) is 4.99 Å². The van der Waals surface area contributed by atoms with E-state index in [0.29, 0.717) is 10.9 Å². The summed E-state index contributed by atoms with van der Waals surface area (Å²) in [6.45, 7) is 0. The molecule has 0 saturated heterocycles. The van der Waals surface area contributed by atoms with E-state index in [9.17, 15) is 8.42 Å². The maximum Gasteiger partial charge on any atom is 0.267 e. The minimum absolute atomic E-state index is 0.246. The lowest BCUT2D eigenvalue weighted by Crippen LogP contribution is -2.33. The van der Waals surface area contributed by atoms with Gasteiger partial charge in [0.15, 0.2) is 5.17 Å². The Hall–Kier alpha value is -0.530. The Morgan fingerprint density at radius 1 is 1.44 bits per heavy atom. The second-order valence-electron chi connectivity index (χ2n) is 3.18. The molecule has 0 bridgehead atoms. The van der Waals surface area contributed by atoms with Gasteiger partial charge in [0.25, 0.3) is 10.0 Å². The van der Waals surface area contributed by atoms with Crippen LogP contribution in [-0.4, -0.2) is 31.2 Å². The van der Waals surface area contributed by atoms with Crippen molar-refractivity contribution in [3.05, 3.63) is 22.7 Å². The van der Waals surface area contributed by atoms with E-state index in [2.05, 4.69) is 20.9 Å². The number of amidine groups is 1. The summed E-state index contributed by atoms with van der Waals surface area (Å²) in [4.78, 5) is 4.54. The van der Waals surface area contributed by atoms with Gasteiger partial charge in [-0.2, -0.15) is 0 Å². The summed E-state index contributed by atoms with van der Waals surface area (Å²) >= 11 is 4.61. The van der Waals surface area contributed by atoms with Gasteiger partial charge in [-0.15, -0.1) is 0 Å². The number of aliphatic imine (C=N–C) groups is 1. The van der Waals surface area contributed by atoms with Crippen molar-refractivity contribution in [1.29, 1.82) is 0 Å². The quantitative estimate of drug-likeness (QED) is 0.737. The molecule has 0 saturated carbocycles. The zero-order valence-corrected chi connectivity index (χ0v) is 11.9. The van der Waals surface area contributed by atoms with Crippen molar-refractivity contribution in [2.45, 2.75) is 4.90 Å². The number of benzene rings is 1. The van der Waals surface area contributed by atoms with Gasteiger partial charge in [0.05, 0.1) is 5.69 Å². The van der Waals surface area contributed by atoms with E-state index in [1.165, 1.54) is 23.1 Å². The van der Waals surface area contributed by atoms with Gasteiger partial charge in [0, 0.05) is 11.5 Å². The van der Waals surface area contributed by atoms with Gasteiger partial charge in [-0.1, -0.05) is 27.7 Å². The summed E-state index contributed by atoms with van der Waals surface area (Å²) in [5, 5.41) is 0.477. The minimum atomic E-state index is -3.44. The summed E-state index contributed by atoms with van der Waals surface area (Å²) < 4.78 is 26.2. The Bertz CT molecular complexity index is 569. The first kappa shape index (κ1) is 11.9. The topological polar surface area (TPSA) is 49.7 Å². The van der Waals surface area contributed by atoms with E-state index in [-0.39, 0.29) is 4.90 Å². The second kappa shape index (κ2) is 4.05. The van der Waals surface area contributed by atoms with Crippen LogP contribution in [0.15, 0.2) is 32.6 Å². The number of hydrogen-bond donors (Lipinski definition) is 0. The fraction of sp³-hybridized carbons (Fsp3) is 0.222. The number of hydrogen-bond acceptors (Lipinski definition) is 4. The number of halogens is 1. The minimum Gasteiger partial charge on any atom is -0.247 e. The highest BCUT2D eigenvalue weighted by Crippen LogP contribution is 2.35. The van der Waals surface area contributed by atoms with Crippen LogP contribution < -0.4 is 0 Å². The van der Waals surface area contributed by atoms with E-state index in [1.807, 2.05) is 0 Å². The van der Waals surface area contributed by atoms with Gasteiger partial charge in [-0.05, 0) is 24.5 Å². The molecule has 1 aromatic carbocycles. The maximum atomic E-state index is 12.1. The molecule has 0 radical (unpaired) electrons. The molecule has 0 spiro atoms. The number of rotatable bonds is 0. The molecule has 1 heterocycles. The van der Waals surface area contributed by atoms with Crippen LogP contribution in [0.1, 0.15) is 0 Å². The van der Waals surface area contributed by atoms with Crippen molar-refractivity contribution in [3.63, 3.8) is 0 Å². The highest BCUT2D eigenvalue weighted by Gasteiger charge is 2.30. The van der Waals surface area contributed by atoms with Crippen LogP contribution in [0.3, 0.4) is 0 Å². The first-order valence-corrected chi connectivity index (χ1v) is 7.84. The number of fused-ring (bicyclic) bond motifs is 1. The van der Waals surface area contributed by atoms with E-state index in [0.717, 1.165) is 4.47 Å². The lowest BCUT2D eigenvalue weighted by atomic mass is 10.3. The van der Waals surface area contributed by atoms with Crippen molar-refractivity contribution < 1.29 is 8.42 Å². The summed E-state index contributed by atoms with van der Waals surface area (Å²) in [6, 6.07) is 4.96. The molecule has 0 fully saturated rings. The largest absolute Gasteiger partial charge is 0.267 e. The van der Waals surface area contributed by atoms with Gasteiger partial charge in [-0.3, -0.25) is 0 Å². The molecule has 0 aromatic heterocycles. The monoisotopic (exact) mass is 320 g/mol. The van der Waals surface area contributed by atoms with E-state index in [1.54, 1.807) is 24.5 Å². The molecule has 0 unspecified atom stereocenters. The third-order valence-electron chi connectivity index (χ3n) is 2.23. The fourth-order valence-corrected chi connectivity index (χ4v) is 3.86. The first-order chi connectivity index (χ1) is 7.46. The summed E-state index contributed by atoms with van der Waals surface area (Å²) in [5.74, 6) is 0. The van der Waals surface area contributed by atoms with E-state index in [4.69, 9.17) is 0 Å². The molecular weight excluding hydrogens is 312 g/mol. The summed E-state index contributed by atoms with van der Waals surface area (Å²) in [5.41, 5.74) is 0.483. The molecule has 0 N–H and O–H groups in total. The molecule has 0 amide bonds. The van der Waals surface area contributed by atoms with Crippen LogP contribution in [0.2, 0.25) is 0 Å². The first-order valence-electron chi connectivity index (χ1n) is 4.38. The van der Waals surface area contributed by atoms with Crippen LogP contribution in [0.5, 0.6) is 0 Å². The van der Waals surface area contributed by atoms with Crippen LogP contribution in [-0.2, 0) is 10.0 Å². The van der Waals surface area contributed by atoms with Crippen LogP contribution in [0.4, 0.5) is 5.69 Å². The average Bonchev–Trinajstić information content (AvgIpc) is 2.23. The summed E-state index contributed by atoms with van der Waals surface area (Å²) in [7, 11) is -1.93. The third kappa shape index (κ3) is 1.76. The molecular formula is C9H9BrN2O2S2. The molecule has 7 heteroatoms. The van der Waals surface area contributed by atoms with Crippen molar-refractivity contribution in [2.75, 3.05) is 13.3 Å². The fourth-order valence-electron chi connectivity index (χ4n) is 1.39. The predicted octanol–water partition coefficient (Wildman–Crippen LogP) is 2.43. The van der Waals surface area contributed by atoms with Gasteiger partial charge in [0.2, 0.25) is 0 Å². The Labute approximate surface area is 107 Å². The lowest BCUT2D eigenvalue weighted by molar-refractivity contribution is 0.552. The lowest BCUT2D eigenvalue weighted by Gasteiger charge is -2.25. The smallest absolute Gasteiger partial charge is 0.247 e. The zero-order chi connectivity index (χ0) is 11.9. The van der Waals surface area contributed by atoms with Gasteiger partial charge in [-0.25, -0.2) is 17.7 Å². The Kier molecular flexibility index (Phi) is 3.02.